The van der Waals surface area contributed by atoms with Crippen molar-refractivity contribution in [1.29, 1.82) is 0 Å². The predicted molar refractivity (Wildman–Crippen MR) is 93.0 cm³/mol. The van der Waals surface area contributed by atoms with E-state index in [0.29, 0.717) is 44.0 Å². The Morgan fingerprint density at radius 3 is 2.25 bits per heavy atom. The van der Waals surface area contributed by atoms with Crippen LogP contribution in [0.25, 0.3) is 0 Å². The summed E-state index contributed by atoms with van der Waals surface area (Å²) in [5.74, 6) is -5.55. The lowest BCUT2D eigenvalue weighted by molar-refractivity contribution is 0.0172. The van der Waals surface area contributed by atoms with Gasteiger partial charge in [0.1, 0.15) is 10.7 Å². The molecule has 0 spiro atoms. The van der Waals surface area contributed by atoms with Crippen LogP contribution in [-0.4, -0.2) is 46.2 Å². The molecule has 2 aromatic carbocycles. The molecule has 0 aromatic heterocycles. The number of benzene rings is 2. The van der Waals surface area contributed by atoms with E-state index in [-0.39, 0.29) is 6.54 Å². The van der Waals surface area contributed by atoms with E-state index in [1.165, 1.54) is 24.3 Å². The third kappa shape index (κ3) is 4.52. The third-order valence-electron chi connectivity index (χ3n) is 4.50. The maximum absolute atomic E-state index is 13.9. The molecule has 3 rings (SSSR count). The number of nitrogens with zero attached hydrogens (tertiary/aromatic N) is 1. The first-order valence-electron chi connectivity index (χ1n) is 8.50. The molecule has 0 amide bonds. The number of morpholine rings is 1. The number of halogens is 4. The maximum Gasteiger partial charge on any atom is 0.243 e. The summed E-state index contributed by atoms with van der Waals surface area (Å²) in [6.45, 7) is 1.75. The molecule has 5 nitrogen and oxygen atoms in total. The Morgan fingerprint density at radius 1 is 0.964 bits per heavy atom. The van der Waals surface area contributed by atoms with Crippen LogP contribution in [0, 0.1) is 23.3 Å². The van der Waals surface area contributed by atoms with Crippen molar-refractivity contribution in [3.05, 3.63) is 65.2 Å². The Kier molecular flexibility index (Phi) is 6.33. The van der Waals surface area contributed by atoms with Crippen molar-refractivity contribution in [1.82, 2.24) is 9.62 Å². The predicted octanol–water partition coefficient (Wildman–Crippen LogP) is 2.59. The van der Waals surface area contributed by atoms with Crippen LogP contribution in [-0.2, 0) is 14.8 Å². The van der Waals surface area contributed by atoms with Crippen LogP contribution >= 0.6 is 0 Å². The molecule has 1 aliphatic rings. The quantitative estimate of drug-likeness (QED) is 0.579. The summed E-state index contributed by atoms with van der Waals surface area (Å²) in [5.41, 5.74) is 0.650. The van der Waals surface area contributed by atoms with Gasteiger partial charge in [-0.25, -0.2) is 30.7 Å². The van der Waals surface area contributed by atoms with Crippen LogP contribution in [0.3, 0.4) is 0 Å². The average molecular weight is 418 g/mol. The average Bonchev–Trinajstić information content (AvgIpc) is 2.68. The summed E-state index contributed by atoms with van der Waals surface area (Å²) in [5, 5.41) is 0. The Hall–Kier alpha value is -2.01. The maximum atomic E-state index is 13.9. The highest BCUT2D eigenvalue weighted by molar-refractivity contribution is 7.89. The third-order valence-corrected chi connectivity index (χ3v) is 5.94. The lowest BCUT2D eigenvalue weighted by atomic mass is 10.0. The second-order valence-electron chi connectivity index (χ2n) is 6.24. The highest BCUT2D eigenvalue weighted by atomic mass is 32.2. The van der Waals surface area contributed by atoms with Gasteiger partial charge in [0, 0.05) is 25.7 Å². The molecule has 1 atom stereocenters. The van der Waals surface area contributed by atoms with E-state index in [2.05, 4.69) is 4.72 Å². The van der Waals surface area contributed by atoms with Crippen molar-refractivity contribution in [3.63, 3.8) is 0 Å². The van der Waals surface area contributed by atoms with Crippen LogP contribution in [0.5, 0.6) is 0 Å². The van der Waals surface area contributed by atoms with Crippen molar-refractivity contribution in [2.75, 3.05) is 32.8 Å². The molecule has 0 bridgehead atoms. The fourth-order valence-corrected chi connectivity index (χ4v) is 4.12. The van der Waals surface area contributed by atoms with Gasteiger partial charge in [-0.2, -0.15) is 0 Å². The molecule has 0 aliphatic carbocycles. The first-order chi connectivity index (χ1) is 13.3. The van der Waals surface area contributed by atoms with E-state index in [9.17, 15) is 26.0 Å². The van der Waals surface area contributed by atoms with Gasteiger partial charge < -0.3 is 4.74 Å². The van der Waals surface area contributed by atoms with Gasteiger partial charge in [0.05, 0.1) is 13.2 Å². The highest BCUT2D eigenvalue weighted by Gasteiger charge is 2.28. The fraction of sp³-hybridized carbons (Fsp3) is 0.333. The largest absolute Gasteiger partial charge is 0.379 e. The first kappa shape index (κ1) is 20.7. The zero-order valence-electron chi connectivity index (χ0n) is 14.7. The molecule has 1 heterocycles. The molecule has 1 unspecified atom stereocenters. The zero-order valence-corrected chi connectivity index (χ0v) is 15.5. The van der Waals surface area contributed by atoms with Crippen LogP contribution in [0.4, 0.5) is 17.6 Å². The second-order valence-corrected chi connectivity index (χ2v) is 7.98. The van der Waals surface area contributed by atoms with Crippen molar-refractivity contribution in [2.24, 2.45) is 0 Å². The van der Waals surface area contributed by atoms with Crippen molar-refractivity contribution in [3.8, 4) is 0 Å². The molecule has 10 heteroatoms. The van der Waals surface area contributed by atoms with Crippen molar-refractivity contribution in [2.45, 2.75) is 10.9 Å². The van der Waals surface area contributed by atoms with Gasteiger partial charge in [-0.05, 0) is 29.8 Å². The molecule has 28 heavy (non-hydrogen) atoms. The molecule has 0 saturated carbocycles. The number of sulfonamides is 1. The molecular weight excluding hydrogens is 400 g/mol. The van der Waals surface area contributed by atoms with E-state index in [1.807, 2.05) is 4.90 Å². The van der Waals surface area contributed by atoms with Gasteiger partial charge in [0.15, 0.2) is 17.5 Å². The van der Waals surface area contributed by atoms with Gasteiger partial charge in [-0.1, -0.05) is 12.1 Å². The molecular formula is C18H18F4N2O3S. The standard InChI is InChI=1S/C18H18F4N2O3S/c19-13-3-1-12(2-4-13)15(24-7-9-27-10-8-24)11-23-28(25,26)16-6-5-14(20)17(21)18(16)22/h1-6,15,23H,7-11H2. The summed E-state index contributed by atoms with van der Waals surface area (Å²) in [4.78, 5) is 0.965. The lowest BCUT2D eigenvalue weighted by Crippen LogP contribution is -2.43. The molecule has 1 saturated heterocycles. The summed E-state index contributed by atoms with van der Waals surface area (Å²) >= 11 is 0. The van der Waals surface area contributed by atoms with Crippen LogP contribution in [0.2, 0.25) is 0 Å². The van der Waals surface area contributed by atoms with Crippen molar-refractivity contribution >= 4 is 10.0 Å². The fourth-order valence-electron chi connectivity index (χ4n) is 3.01. The zero-order chi connectivity index (χ0) is 20.3. The number of ether oxygens (including phenoxy) is 1. The second kappa shape index (κ2) is 8.56. The Morgan fingerprint density at radius 2 is 1.61 bits per heavy atom. The SMILES string of the molecule is O=S(=O)(NCC(c1ccc(F)cc1)N1CCOCC1)c1ccc(F)c(F)c1F. The van der Waals surface area contributed by atoms with Crippen LogP contribution < -0.4 is 4.72 Å². The number of nitrogens with one attached hydrogen (secondary N) is 1. The van der Waals surface area contributed by atoms with Gasteiger partial charge >= 0.3 is 0 Å². The molecule has 1 fully saturated rings. The summed E-state index contributed by atoms with van der Waals surface area (Å²) in [6.07, 6.45) is 0. The smallest absolute Gasteiger partial charge is 0.243 e. The minimum atomic E-state index is -4.44. The number of rotatable bonds is 6. The van der Waals surface area contributed by atoms with Gasteiger partial charge in [0.25, 0.3) is 0 Å². The minimum absolute atomic E-state index is 0.174. The van der Waals surface area contributed by atoms with Crippen LogP contribution in [0.1, 0.15) is 11.6 Å². The Labute approximate surface area is 160 Å². The summed E-state index contributed by atoms with van der Waals surface area (Å²) in [6, 6.07) is 6.31. The Balaban J connectivity index is 1.84. The Bertz CT molecular complexity index is 933. The van der Waals surface area contributed by atoms with E-state index in [0.717, 1.165) is 0 Å². The van der Waals surface area contributed by atoms with Gasteiger partial charge in [-0.3, -0.25) is 4.90 Å². The first-order valence-corrected chi connectivity index (χ1v) is 9.98. The molecule has 1 N–H and O–H groups in total. The van der Waals surface area contributed by atoms with E-state index in [4.69, 9.17) is 4.74 Å². The molecule has 2 aromatic rings. The molecule has 152 valence electrons. The molecule has 0 radical (unpaired) electrons. The van der Waals surface area contributed by atoms with E-state index in [1.54, 1.807) is 0 Å². The lowest BCUT2D eigenvalue weighted by Gasteiger charge is -2.34. The number of hydrogen-bond acceptors (Lipinski definition) is 4. The molecule has 1 aliphatic heterocycles. The van der Waals surface area contributed by atoms with Gasteiger partial charge in [0.2, 0.25) is 10.0 Å². The normalized spacial score (nSPS) is 16.9. The highest BCUT2D eigenvalue weighted by Crippen LogP contribution is 2.24. The monoisotopic (exact) mass is 418 g/mol. The number of hydrogen-bond donors (Lipinski definition) is 1. The summed E-state index contributed by atoms with van der Waals surface area (Å²) in [7, 11) is -4.44. The summed E-state index contributed by atoms with van der Waals surface area (Å²) < 4.78 is 86.1. The topological polar surface area (TPSA) is 58.6 Å². The van der Waals surface area contributed by atoms with Gasteiger partial charge in [-0.15, -0.1) is 0 Å². The minimum Gasteiger partial charge on any atom is -0.379 e. The van der Waals surface area contributed by atoms with Crippen molar-refractivity contribution < 1.29 is 30.7 Å². The van der Waals surface area contributed by atoms with E-state index >= 15 is 0 Å². The van der Waals surface area contributed by atoms with E-state index < -0.39 is 44.2 Å². The van der Waals surface area contributed by atoms with Crippen LogP contribution in [0.15, 0.2) is 41.3 Å².